The second kappa shape index (κ2) is 7.36. The molecule has 1 atom stereocenters. The van der Waals surface area contributed by atoms with E-state index in [2.05, 4.69) is 36.3 Å². The van der Waals surface area contributed by atoms with Crippen LogP contribution in [-0.4, -0.2) is 10.9 Å². The first-order valence-corrected chi connectivity index (χ1v) is 8.18. The average molecular weight is 302 g/mol. The fraction of sp³-hybridized carbons (Fsp3) is 0.412. The number of aromatic nitrogens is 1. The van der Waals surface area contributed by atoms with E-state index in [4.69, 9.17) is 0 Å². The van der Waals surface area contributed by atoms with Crippen molar-refractivity contribution >= 4 is 17.2 Å². The molecule has 2 aromatic rings. The maximum absolute atomic E-state index is 12.1. The molecule has 0 radical (unpaired) electrons. The molecule has 0 unspecified atom stereocenters. The number of hydrogen-bond donors (Lipinski definition) is 1. The van der Waals surface area contributed by atoms with Crippen molar-refractivity contribution in [3.63, 3.8) is 0 Å². The van der Waals surface area contributed by atoms with Gasteiger partial charge in [-0.1, -0.05) is 44.2 Å². The standard InChI is InChI=1S/C17H22N2OS/c1-4-15-16(21-13(3)19-15)11-18-17(20)10-12(2)14-8-6-5-7-9-14/h5-9,12H,4,10-11H2,1-3H3,(H,18,20)/t12-/m0/s1. The molecular weight excluding hydrogens is 280 g/mol. The van der Waals surface area contributed by atoms with Gasteiger partial charge in [-0.15, -0.1) is 11.3 Å². The van der Waals surface area contributed by atoms with Crippen LogP contribution in [-0.2, 0) is 17.8 Å². The van der Waals surface area contributed by atoms with Crippen LogP contribution in [0.1, 0.15) is 47.3 Å². The van der Waals surface area contributed by atoms with E-state index in [1.54, 1.807) is 11.3 Å². The Labute approximate surface area is 130 Å². The Morgan fingerprint density at radius 3 is 2.71 bits per heavy atom. The molecular formula is C17H22N2OS. The summed E-state index contributed by atoms with van der Waals surface area (Å²) in [6.45, 7) is 6.78. The number of aryl methyl sites for hydroxylation is 2. The second-order valence-electron chi connectivity index (χ2n) is 5.25. The van der Waals surface area contributed by atoms with Crippen molar-refractivity contribution in [2.75, 3.05) is 0 Å². The van der Waals surface area contributed by atoms with E-state index in [0.29, 0.717) is 13.0 Å². The molecule has 2 rings (SSSR count). The molecule has 0 aliphatic heterocycles. The van der Waals surface area contributed by atoms with E-state index < -0.39 is 0 Å². The summed E-state index contributed by atoms with van der Waals surface area (Å²) < 4.78 is 0. The van der Waals surface area contributed by atoms with Crippen molar-refractivity contribution in [1.29, 1.82) is 0 Å². The third kappa shape index (κ3) is 4.39. The Morgan fingerprint density at radius 1 is 1.33 bits per heavy atom. The molecule has 1 aromatic heterocycles. The monoisotopic (exact) mass is 302 g/mol. The molecule has 0 aliphatic carbocycles. The van der Waals surface area contributed by atoms with Gasteiger partial charge in [0.25, 0.3) is 0 Å². The van der Waals surface area contributed by atoms with Crippen molar-refractivity contribution in [2.24, 2.45) is 0 Å². The van der Waals surface area contributed by atoms with Crippen molar-refractivity contribution in [2.45, 2.75) is 46.1 Å². The van der Waals surface area contributed by atoms with Gasteiger partial charge >= 0.3 is 0 Å². The number of carbonyl (C=O) groups is 1. The van der Waals surface area contributed by atoms with Crippen LogP contribution in [0.15, 0.2) is 30.3 Å². The molecule has 0 aliphatic rings. The number of nitrogens with zero attached hydrogens (tertiary/aromatic N) is 1. The van der Waals surface area contributed by atoms with Crippen LogP contribution >= 0.6 is 11.3 Å². The summed E-state index contributed by atoms with van der Waals surface area (Å²) in [5.74, 6) is 0.333. The first-order valence-electron chi connectivity index (χ1n) is 7.37. The molecule has 1 N–H and O–H groups in total. The highest BCUT2D eigenvalue weighted by Crippen LogP contribution is 2.20. The van der Waals surface area contributed by atoms with Crippen LogP contribution in [0.3, 0.4) is 0 Å². The molecule has 3 nitrogen and oxygen atoms in total. The maximum atomic E-state index is 12.1. The summed E-state index contributed by atoms with van der Waals surface area (Å²) in [6, 6.07) is 10.2. The van der Waals surface area contributed by atoms with E-state index in [-0.39, 0.29) is 11.8 Å². The fourth-order valence-electron chi connectivity index (χ4n) is 2.36. The molecule has 1 heterocycles. The summed E-state index contributed by atoms with van der Waals surface area (Å²) in [6.07, 6.45) is 1.43. The lowest BCUT2D eigenvalue weighted by Gasteiger charge is -2.11. The largest absolute Gasteiger partial charge is 0.351 e. The first kappa shape index (κ1) is 15.7. The van der Waals surface area contributed by atoms with Gasteiger partial charge in [0.1, 0.15) is 0 Å². The summed E-state index contributed by atoms with van der Waals surface area (Å²) >= 11 is 1.67. The molecule has 1 aromatic carbocycles. The van der Waals surface area contributed by atoms with E-state index >= 15 is 0 Å². The predicted molar refractivity (Wildman–Crippen MR) is 87.5 cm³/mol. The quantitative estimate of drug-likeness (QED) is 0.881. The van der Waals surface area contributed by atoms with E-state index in [0.717, 1.165) is 17.1 Å². The van der Waals surface area contributed by atoms with Gasteiger partial charge in [-0.05, 0) is 24.8 Å². The number of benzene rings is 1. The summed E-state index contributed by atoms with van der Waals surface area (Å²) in [5, 5.41) is 4.08. The molecule has 112 valence electrons. The Morgan fingerprint density at radius 2 is 2.05 bits per heavy atom. The Kier molecular flexibility index (Phi) is 5.51. The predicted octanol–water partition coefficient (Wildman–Crippen LogP) is 3.82. The summed E-state index contributed by atoms with van der Waals surface area (Å²) in [4.78, 5) is 17.7. The zero-order valence-corrected chi connectivity index (χ0v) is 13.7. The van der Waals surface area contributed by atoms with Gasteiger partial charge < -0.3 is 5.32 Å². The highest BCUT2D eigenvalue weighted by Gasteiger charge is 2.12. The van der Waals surface area contributed by atoms with Crippen LogP contribution in [0.25, 0.3) is 0 Å². The Hall–Kier alpha value is -1.68. The van der Waals surface area contributed by atoms with E-state index in [1.807, 2.05) is 25.1 Å². The van der Waals surface area contributed by atoms with Crippen LogP contribution < -0.4 is 5.32 Å². The Bertz CT molecular complexity index is 592. The molecule has 0 saturated carbocycles. The smallest absolute Gasteiger partial charge is 0.220 e. The average Bonchev–Trinajstić information content (AvgIpc) is 2.86. The fourth-order valence-corrected chi connectivity index (χ4v) is 3.32. The lowest BCUT2D eigenvalue weighted by molar-refractivity contribution is -0.121. The van der Waals surface area contributed by atoms with Crippen molar-refractivity contribution in [1.82, 2.24) is 10.3 Å². The number of carbonyl (C=O) groups excluding carboxylic acids is 1. The van der Waals surface area contributed by atoms with Crippen LogP contribution in [0.5, 0.6) is 0 Å². The molecule has 0 fully saturated rings. The zero-order valence-electron chi connectivity index (χ0n) is 12.8. The lowest BCUT2D eigenvalue weighted by atomic mass is 9.98. The lowest BCUT2D eigenvalue weighted by Crippen LogP contribution is -2.24. The van der Waals surface area contributed by atoms with Crippen molar-refractivity contribution < 1.29 is 4.79 Å². The number of nitrogens with one attached hydrogen (secondary N) is 1. The molecule has 21 heavy (non-hydrogen) atoms. The molecule has 1 amide bonds. The Balaban J connectivity index is 1.87. The highest BCUT2D eigenvalue weighted by atomic mass is 32.1. The van der Waals surface area contributed by atoms with Gasteiger partial charge in [0, 0.05) is 11.3 Å². The maximum Gasteiger partial charge on any atom is 0.220 e. The number of thiazole rings is 1. The van der Waals surface area contributed by atoms with Crippen LogP contribution in [0, 0.1) is 6.92 Å². The van der Waals surface area contributed by atoms with Gasteiger partial charge in [-0.2, -0.15) is 0 Å². The van der Waals surface area contributed by atoms with Gasteiger partial charge in [0.05, 0.1) is 17.2 Å². The minimum absolute atomic E-state index is 0.0967. The highest BCUT2D eigenvalue weighted by molar-refractivity contribution is 7.11. The minimum atomic E-state index is 0.0967. The van der Waals surface area contributed by atoms with Crippen molar-refractivity contribution in [3.8, 4) is 0 Å². The van der Waals surface area contributed by atoms with Gasteiger partial charge in [-0.25, -0.2) is 4.98 Å². The number of hydrogen-bond acceptors (Lipinski definition) is 3. The van der Waals surface area contributed by atoms with Crippen molar-refractivity contribution in [3.05, 3.63) is 51.5 Å². The number of amides is 1. The topological polar surface area (TPSA) is 42.0 Å². The number of rotatable bonds is 6. The first-order chi connectivity index (χ1) is 10.1. The van der Waals surface area contributed by atoms with E-state index in [9.17, 15) is 4.79 Å². The molecule has 4 heteroatoms. The summed E-state index contributed by atoms with van der Waals surface area (Å²) in [7, 11) is 0. The molecule has 0 spiro atoms. The second-order valence-corrected chi connectivity index (χ2v) is 6.54. The molecule has 0 saturated heterocycles. The van der Waals surface area contributed by atoms with Gasteiger partial charge in [-0.3, -0.25) is 4.79 Å². The van der Waals surface area contributed by atoms with Gasteiger partial charge in [0.2, 0.25) is 5.91 Å². The SMILES string of the molecule is CCc1nc(C)sc1CNC(=O)C[C@H](C)c1ccccc1. The minimum Gasteiger partial charge on any atom is -0.351 e. The van der Waals surface area contributed by atoms with Crippen LogP contribution in [0.2, 0.25) is 0 Å². The molecule has 0 bridgehead atoms. The van der Waals surface area contributed by atoms with Crippen LogP contribution in [0.4, 0.5) is 0 Å². The third-order valence-electron chi connectivity index (χ3n) is 3.53. The van der Waals surface area contributed by atoms with E-state index in [1.165, 1.54) is 10.4 Å². The summed E-state index contributed by atoms with van der Waals surface area (Å²) in [5.41, 5.74) is 2.31. The zero-order chi connectivity index (χ0) is 15.2. The third-order valence-corrected chi connectivity index (χ3v) is 4.54. The van der Waals surface area contributed by atoms with Gasteiger partial charge in [0.15, 0.2) is 0 Å². The normalized spacial score (nSPS) is 12.1.